The van der Waals surface area contributed by atoms with E-state index in [2.05, 4.69) is 12.6 Å². The molecule has 1 aromatic rings. The van der Waals surface area contributed by atoms with E-state index in [1.165, 1.54) is 25.3 Å². The highest BCUT2D eigenvalue weighted by Crippen LogP contribution is 2.63. The molecule has 0 radical (unpaired) electrons. The van der Waals surface area contributed by atoms with Crippen LogP contribution in [0.25, 0.3) is 0 Å². The van der Waals surface area contributed by atoms with Crippen molar-refractivity contribution in [2.75, 3.05) is 0 Å². The van der Waals surface area contributed by atoms with Crippen LogP contribution in [0.1, 0.15) is 59.7 Å². The summed E-state index contributed by atoms with van der Waals surface area (Å²) in [6, 6.07) is 4.78. The topological polar surface area (TPSA) is 63.6 Å². The van der Waals surface area contributed by atoms with Gasteiger partial charge in [0.15, 0.2) is 11.9 Å². The molecule has 1 heterocycles. The maximum atomic E-state index is 13.1. The summed E-state index contributed by atoms with van der Waals surface area (Å²) in [5.74, 6) is 1.88. The minimum absolute atomic E-state index is 0.0142. The molecule has 5 aliphatic rings. The number of benzene rings is 1. The number of carbonyl (C=O) groups is 2. The Morgan fingerprint density at radius 3 is 2.28 bits per heavy atom. The number of fused-ring (bicyclic) bond motifs is 1. The van der Waals surface area contributed by atoms with Crippen LogP contribution < -0.4 is 4.74 Å². The van der Waals surface area contributed by atoms with E-state index in [1.807, 2.05) is 0 Å². The fourth-order valence-electron chi connectivity index (χ4n) is 6.41. The third-order valence-electron chi connectivity index (χ3n) is 6.97. The van der Waals surface area contributed by atoms with Gasteiger partial charge in [0.1, 0.15) is 5.75 Å². The first kappa shape index (κ1) is 15.7. The van der Waals surface area contributed by atoms with Crippen LogP contribution in [0.3, 0.4) is 0 Å². The summed E-state index contributed by atoms with van der Waals surface area (Å²) in [6.07, 6.45) is 6.83. The van der Waals surface area contributed by atoms with Crippen molar-refractivity contribution in [1.82, 2.24) is 0 Å². The van der Waals surface area contributed by atoms with E-state index in [-0.39, 0.29) is 16.8 Å². The molecule has 5 heteroatoms. The number of aromatic carboxylic acids is 1. The molecule has 0 spiro atoms. The summed E-state index contributed by atoms with van der Waals surface area (Å²) in [7, 11) is 0. The summed E-state index contributed by atoms with van der Waals surface area (Å²) in [5, 5.41) is 8.60. The average Bonchev–Trinajstić information content (AvgIpc) is 2.56. The van der Waals surface area contributed by atoms with Crippen LogP contribution in [0.4, 0.5) is 0 Å². The largest absolute Gasteiger partial charge is 0.482 e. The number of hydrogen-bond acceptors (Lipinski definition) is 4. The van der Waals surface area contributed by atoms with Gasteiger partial charge in [-0.25, -0.2) is 4.79 Å². The lowest BCUT2D eigenvalue weighted by atomic mass is 9.47. The molecule has 1 N–H and O–H groups in total. The van der Waals surface area contributed by atoms with Crippen molar-refractivity contribution >= 4 is 24.4 Å². The summed E-state index contributed by atoms with van der Waals surface area (Å²) in [4.78, 5) is 24.4. The second-order valence-electron chi connectivity index (χ2n) is 8.64. The van der Waals surface area contributed by atoms with Gasteiger partial charge in [-0.1, -0.05) is 0 Å². The molecule has 0 saturated heterocycles. The molecule has 4 saturated carbocycles. The molecule has 2 unspecified atom stereocenters. The Morgan fingerprint density at radius 1 is 1.12 bits per heavy atom. The quantitative estimate of drug-likeness (QED) is 0.787. The fraction of sp³-hybridized carbons (Fsp3) is 0.600. The summed E-state index contributed by atoms with van der Waals surface area (Å²) >= 11 is 4.56. The van der Waals surface area contributed by atoms with Gasteiger partial charge in [-0.05, 0) is 74.5 Å². The molecule has 4 bridgehead atoms. The second kappa shape index (κ2) is 5.26. The zero-order chi connectivity index (χ0) is 17.3. The fourth-order valence-corrected chi connectivity index (χ4v) is 6.75. The lowest BCUT2D eigenvalue weighted by molar-refractivity contribution is -0.150. The number of ketones is 1. The Labute approximate surface area is 152 Å². The van der Waals surface area contributed by atoms with E-state index >= 15 is 0 Å². The second-order valence-corrected chi connectivity index (χ2v) is 9.16. The van der Waals surface area contributed by atoms with Crippen LogP contribution in [-0.4, -0.2) is 23.0 Å². The molecule has 0 aromatic heterocycles. The number of thiol groups is 1. The third kappa shape index (κ3) is 2.28. The first-order chi connectivity index (χ1) is 11.9. The minimum Gasteiger partial charge on any atom is -0.482 e. The SMILES string of the molecule is O=C(O)c1ccc2c(c1)C(S)C(=O)C(C13CC4CC(CC(C4)C1)C3)O2. The molecule has 25 heavy (non-hydrogen) atoms. The van der Waals surface area contributed by atoms with Crippen molar-refractivity contribution in [1.29, 1.82) is 0 Å². The van der Waals surface area contributed by atoms with Crippen LogP contribution >= 0.6 is 12.6 Å². The van der Waals surface area contributed by atoms with Crippen molar-refractivity contribution in [3.8, 4) is 5.75 Å². The molecule has 2 atom stereocenters. The van der Waals surface area contributed by atoms with Crippen LogP contribution in [0.15, 0.2) is 18.2 Å². The van der Waals surface area contributed by atoms with Gasteiger partial charge in [0.25, 0.3) is 0 Å². The number of carboxylic acids is 1. The smallest absolute Gasteiger partial charge is 0.335 e. The standard InChI is InChI=1S/C20H22O4S/c21-16-17(25)14-6-13(19(22)23)1-2-15(14)24-18(16)20-7-10-3-11(8-20)5-12(4-10)9-20/h1-2,6,10-12,17-18,25H,3-5,7-9H2,(H,22,23). The molecule has 6 rings (SSSR count). The van der Waals surface area contributed by atoms with E-state index in [1.54, 1.807) is 12.1 Å². The van der Waals surface area contributed by atoms with Crippen LogP contribution in [0.2, 0.25) is 0 Å². The van der Waals surface area contributed by atoms with Crippen molar-refractivity contribution in [2.45, 2.75) is 49.9 Å². The molecule has 4 nitrogen and oxygen atoms in total. The minimum atomic E-state index is -1.00. The van der Waals surface area contributed by atoms with E-state index in [0.717, 1.165) is 37.0 Å². The zero-order valence-electron chi connectivity index (χ0n) is 14.0. The maximum absolute atomic E-state index is 13.1. The molecular weight excluding hydrogens is 336 g/mol. The molecule has 1 aromatic carbocycles. The van der Waals surface area contributed by atoms with Gasteiger partial charge in [-0.15, -0.1) is 0 Å². The molecule has 132 valence electrons. The number of rotatable bonds is 2. The Morgan fingerprint density at radius 2 is 1.72 bits per heavy atom. The van der Waals surface area contributed by atoms with Gasteiger partial charge < -0.3 is 9.84 Å². The Balaban J connectivity index is 1.52. The lowest BCUT2D eigenvalue weighted by Crippen LogP contribution is -2.57. The normalized spacial score (nSPS) is 41.3. The number of hydrogen-bond donors (Lipinski definition) is 2. The van der Waals surface area contributed by atoms with E-state index in [9.17, 15) is 14.7 Å². The summed E-state index contributed by atoms with van der Waals surface area (Å²) in [5.41, 5.74) is 0.729. The number of carbonyl (C=O) groups excluding carboxylic acids is 1. The molecule has 0 amide bonds. The highest BCUT2D eigenvalue weighted by Gasteiger charge is 2.58. The van der Waals surface area contributed by atoms with Gasteiger partial charge in [0.2, 0.25) is 0 Å². The highest BCUT2D eigenvalue weighted by atomic mass is 32.1. The predicted molar refractivity (Wildman–Crippen MR) is 95.2 cm³/mol. The van der Waals surface area contributed by atoms with Gasteiger partial charge in [0.05, 0.1) is 10.8 Å². The number of ether oxygens (including phenoxy) is 1. The van der Waals surface area contributed by atoms with Gasteiger partial charge in [0, 0.05) is 11.0 Å². The van der Waals surface area contributed by atoms with Crippen LogP contribution in [0, 0.1) is 23.2 Å². The summed E-state index contributed by atoms with van der Waals surface area (Å²) in [6.45, 7) is 0. The lowest BCUT2D eigenvalue weighted by Gasteiger charge is -2.59. The predicted octanol–water partition coefficient (Wildman–Crippen LogP) is 3.90. The van der Waals surface area contributed by atoms with E-state index < -0.39 is 17.3 Å². The van der Waals surface area contributed by atoms with Gasteiger partial charge in [-0.2, -0.15) is 12.6 Å². The third-order valence-corrected chi connectivity index (χ3v) is 7.50. The van der Waals surface area contributed by atoms with Crippen molar-refractivity contribution in [3.05, 3.63) is 29.3 Å². The first-order valence-corrected chi connectivity index (χ1v) is 9.72. The highest BCUT2D eigenvalue weighted by molar-refractivity contribution is 7.81. The Kier molecular flexibility index (Phi) is 3.31. The summed E-state index contributed by atoms with van der Waals surface area (Å²) < 4.78 is 6.24. The first-order valence-electron chi connectivity index (χ1n) is 9.21. The van der Waals surface area contributed by atoms with Crippen LogP contribution in [0.5, 0.6) is 5.75 Å². The average molecular weight is 358 g/mol. The number of carboxylic acid groups (broad SMARTS) is 1. The van der Waals surface area contributed by atoms with E-state index in [0.29, 0.717) is 11.3 Å². The van der Waals surface area contributed by atoms with Gasteiger partial charge >= 0.3 is 5.97 Å². The molecular formula is C20H22O4S. The van der Waals surface area contributed by atoms with Crippen molar-refractivity contribution in [2.24, 2.45) is 23.2 Å². The maximum Gasteiger partial charge on any atom is 0.335 e. The van der Waals surface area contributed by atoms with Crippen LogP contribution in [-0.2, 0) is 4.79 Å². The van der Waals surface area contributed by atoms with Gasteiger partial charge in [-0.3, -0.25) is 4.79 Å². The zero-order valence-corrected chi connectivity index (χ0v) is 14.9. The molecule has 1 aliphatic heterocycles. The Hall–Kier alpha value is -1.49. The molecule has 4 fully saturated rings. The van der Waals surface area contributed by atoms with Crippen molar-refractivity contribution in [3.63, 3.8) is 0 Å². The van der Waals surface area contributed by atoms with E-state index in [4.69, 9.17) is 4.74 Å². The monoisotopic (exact) mass is 358 g/mol. The Bertz CT molecular complexity index is 736. The number of Topliss-reactive ketones (excluding diaryl/α,β-unsaturated/α-hetero) is 1. The molecule has 4 aliphatic carbocycles. The van der Waals surface area contributed by atoms with Crippen molar-refractivity contribution < 1.29 is 19.4 Å².